The van der Waals surface area contributed by atoms with Crippen LogP contribution in [0.4, 0.5) is 0 Å². The smallest absolute Gasteiger partial charge is 0.103 e. The van der Waals surface area contributed by atoms with Crippen molar-refractivity contribution >= 4 is 0 Å². The second-order valence-electron chi connectivity index (χ2n) is 13.6. The zero-order chi connectivity index (χ0) is 22.2. The lowest BCUT2D eigenvalue weighted by molar-refractivity contribution is -0.116. The first-order valence-corrected chi connectivity index (χ1v) is 14.0. The number of ether oxygens (including phenoxy) is 1. The first-order valence-electron chi connectivity index (χ1n) is 14.0. The molecule has 11 atom stereocenters. The van der Waals surface area contributed by atoms with E-state index in [9.17, 15) is 5.11 Å². The lowest BCUT2D eigenvalue weighted by Gasteiger charge is -2.59. The summed E-state index contributed by atoms with van der Waals surface area (Å²) >= 11 is 0. The van der Waals surface area contributed by atoms with Gasteiger partial charge in [0.15, 0.2) is 0 Å². The van der Waals surface area contributed by atoms with E-state index in [1.165, 1.54) is 57.8 Å². The van der Waals surface area contributed by atoms with Gasteiger partial charge in [0, 0.05) is 11.8 Å². The molecule has 1 N–H and O–H groups in total. The van der Waals surface area contributed by atoms with E-state index < -0.39 is 0 Å². The van der Waals surface area contributed by atoms with Crippen molar-refractivity contribution in [1.29, 1.82) is 0 Å². The molecule has 5 fully saturated rings. The van der Waals surface area contributed by atoms with Crippen LogP contribution in [-0.2, 0) is 4.74 Å². The van der Waals surface area contributed by atoms with Gasteiger partial charge in [-0.3, -0.25) is 0 Å². The van der Waals surface area contributed by atoms with Crippen LogP contribution in [0.3, 0.4) is 0 Å². The Morgan fingerprint density at radius 3 is 2.45 bits per heavy atom. The highest BCUT2D eigenvalue weighted by Crippen LogP contribution is 2.74. The summed E-state index contributed by atoms with van der Waals surface area (Å²) in [6.07, 6.45) is 14.7. The summed E-state index contributed by atoms with van der Waals surface area (Å²) < 4.78 is 6.53. The molecule has 5 rings (SSSR count). The van der Waals surface area contributed by atoms with E-state index in [0.29, 0.717) is 16.9 Å². The topological polar surface area (TPSA) is 32.8 Å². The third-order valence-corrected chi connectivity index (χ3v) is 12.3. The summed E-state index contributed by atoms with van der Waals surface area (Å²) in [5.41, 5.74) is 0.910. The van der Waals surface area contributed by atoms with Gasteiger partial charge in [0.2, 0.25) is 0 Å². The average Bonchev–Trinajstić information content (AvgIpc) is 3.29. The van der Waals surface area contributed by atoms with Gasteiger partial charge in [-0.25, -0.2) is 0 Å². The van der Waals surface area contributed by atoms with Crippen LogP contribution in [0, 0.1) is 52.3 Å². The Morgan fingerprint density at radius 2 is 1.74 bits per heavy atom. The van der Waals surface area contributed by atoms with E-state index in [2.05, 4.69) is 41.5 Å². The van der Waals surface area contributed by atoms with E-state index in [4.69, 9.17) is 4.74 Å². The lowest BCUT2D eigenvalue weighted by Crippen LogP contribution is -2.58. The number of hydrogen-bond donors (Lipinski definition) is 1. The van der Waals surface area contributed by atoms with Gasteiger partial charge in [0.05, 0.1) is 12.2 Å². The molecule has 1 saturated heterocycles. The molecular formula is C29H50O2. The fourth-order valence-electron chi connectivity index (χ4n) is 10.3. The predicted octanol–water partition coefficient (Wildman–Crippen LogP) is 7.24. The number of aliphatic hydroxyl groups excluding tert-OH is 1. The summed E-state index contributed by atoms with van der Waals surface area (Å²) in [5.74, 6) is 6.15. The molecule has 0 amide bonds. The minimum Gasteiger partial charge on any atom is -0.393 e. The Kier molecular flexibility index (Phi) is 5.66. The monoisotopic (exact) mass is 430 g/mol. The SMILES string of the molecule is CCC(CC[C@@H](C)[C@H]1CC[C@H]2[C@@H]3CC4OC45CC(O)CC[C@]5(C)[C@H]3CC[C@]12C)C(C)C. The Labute approximate surface area is 192 Å². The second kappa shape index (κ2) is 7.72. The van der Waals surface area contributed by atoms with Crippen molar-refractivity contribution in [3.8, 4) is 0 Å². The molecule has 4 unspecified atom stereocenters. The predicted molar refractivity (Wildman–Crippen MR) is 128 cm³/mol. The molecule has 2 nitrogen and oxygen atoms in total. The van der Waals surface area contributed by atoms with E-state index in [-0.39, 0.29) is 11.7 Å². The second-order valence-corrected chi connectivity index (χ2v) is 13.6. The molecule has 0 aromatic heterocycles. The Bertz CT molecular complexity index is 674. The quantitative estimate of drug-likeness (QED) is 0.451. The molecule has 0 bridgehead atoms. The minimum absolute atomic E-state index is 0.0386. The summed E-state index contributed by atoms with van der Waals surface area (Å²) in [5, 5.41) is 10.4. The van der Waals surface area contributed by atoms with Gasteiger partial charge in [0.1, 0.15) is 5.60 Å². The van der Waals surface area contributed by atoms with Crippen LogP contribution in [-0.4, -0.2) is 22.9 Å². The van der Waals surface area contributed by atoms with Crippen molar-refractivity contribution in [2.24, 2.45) is 52.3 Å². The highest BCUT2D eigenvalue weighted by Gasteiger charge is 2.76. The molecule has 0 aromatic rings. The molecule has 31 heavy (non-hydrogen) atoms. The van der Waals surface area contributed by atoms with Gasteiger partial charge in [-0.2, -0.15) is 0 Å². The summed E-state index contributed by atoms with van der Waals surface area (Å²) in [7, 11) is 0. The number of aliphatic hydroxyl groups is 1. The zero-order valence-electron chi connectivity index (χ0n) is 21.3. The van der Waals surface area contributed by atoms with Crippen molar-refractivity contribution in [2.45, 2.75) is 130 Å². The zero-order valence-corrected chi connectivity index (χ0v) is 21.3. The van der Waals surface area contributed by atoms with Crippen LogP contribution >= 0.6 is 0 Å². The molecule has 1 aliphatic heterocycles. The molecule has 0 aromatic carbocycles. The molecule has 1 heterocycles. The summed E-state index contributed by atoms with van der Waals surface area (Å²) in [6.45, 7) is 15.1. The average molecular weight is 431 g/mol. The van der Waals surface area contributed by atoms with Gasteiger partial charge < -0.3 is 9.84 Å². The maximum absolute atomic E-state index is 10.4. The fraction of sp³-hybridized carbons (Fsp3) is 1.00. The molecule has 4 saturated carbocycles. The third-order valence-electron chi connectivity index (χ3n) is 12.3. The Hall–Kier alpha value is -0.0800. The summed E-state index contributed by atoms with van der Waals surface area (Å²) in [6, 6.07) is 0. The van der Waals surface area contributed by atoms with Crippen LogP contribution in [0.15, 0.2) is 0 Å². The normalized spacial score (nSPS) is 52.6. The molecular weight excluding hydrogens is 380 g/mol. The first-order chi connectivity index (χ1) is 14.7. The first kappa shape index (κ1) is 22.7. The minimum atomic E-state index is -0.127. The Morgan fingerprint density at radius 1 is 0.968 bits per heavy atom. The maximum atomic E-state index is 10.4. The highest BCUT2D eigenvalue weighted by atomic mass is 16.6. The lowest BCUT2D eigenvalue weighted by atomic mass is 9.44. The van der Waals surface area contributed by atoms with Crippen molar-refractivity contribution < 1.29 is 9.84 Å². The van der Waals surface area contributed by atoms with Crippen LogP contribution in [0.25, 0.3) is 0 Å². The molecule has 2 heteroatoms. The van der Waals surface area contributed by atoms with E-state index in [0.717, 1.165) is 54.3 Å². The van der Waals surface area contributed by atoms with Gasteiger partial charge in [-0.05, 0) is 98.2 Å². The molecule has 5 aliphatic rings. The number of epoxide rings is 1. The number of fused-ring (bicyclic) bond motifs is 4. The molecule has 4 aliphatic carbocycles. The van der Waals surface area contributed by atoms with E-state index in [1.54, 1.807) is 0 Å². The van der Waals surface area contributed by atoms with E-state index in [1.807, 2.05) is 0 Å². The largest absolute Gasteiger partial charge is 0.393 e. The number of hydrogen-bond acceptors (Lipinski definition) is 2. The Balaban J connectivity index is 1.31. The highest BCUT2D eigenvalue weighted by molar-refractivity contribution is 5.24. The van der Waals surface area contributed by atoms with Gasteiger partial charge in [0.25, 0.3) is 0 Å². The van der Waals surface area contributed by atoms with Gasteiger partial charge >= 0.3 is 0 Å². The van der Waals surface area contributed by atoms with Crippen molar-refractivity contribution in [2.75, 3.05) is 0 Å². The van der Waals surface area contributed by atoms with Crippen LogP contribution in [0.5, 0.6) is 0 Å². The van der Waals surface area contributed by atoms with Gasteiger partial charge in [-0.15, -0.1) is 0 Å². The van der Waals surface area contributed by atoms with Crippen molar-refractivity contribution in [3.63, 3.8) is 0 Å². The fourth-order valence-corrected chi connectivity index (χ4v) is 10.3. The van der Waals surface area contributed by atoms with Crippen LogP contribution in [0.2, 0.25) is 0 Å². The van der Waals surface area contributed by atoms with Gasteiger partial charge in [-0.1, -0.05) is 54.4 Å². The van der Waals surface area contributed by atoms with Crippen LogP contribution < -0.4 is 0 Å². The van der Waals surface area contributed by atoms with Crippen molar-refractivity contribution in [1.82, 2.24) is 0 Å². The molecule has 0 radical (unpaired) electrons. The maximum Gasteiger partial charge on any atom is 0.103 e. The van der Waals surface area contributed by atoms with E-state index >= 15 is 0 Å². The third kappa shape index (κ3) is 3.23. The van der Waals surface area contributed by atoms with Crippen LogP contribution in [0.1, 0.15) is 112 Å². The molecule has 1 spiro atoms. The number of rotatable bonds is 6. The molecule has 178 valence electrons. The van der Waals surface area contributed by atoms with Crippen molar-refractivity contribution in [3.05, 3.63) is 0 Å². The standard InChI is InChI=1S/C29H50O2/c1-7-20(18(2)3)9-8-19(4)23-10-11-24-22-16-26-29(31-26)17-21(30)12-15-28(29,6)25(22)13-14-27(23,24)5/h18-26,30H,7-17H2,1-6H3/t19-,20?,21?,22+,23-,24+,25+,26?,27-,28-,29?/m1/s1. The summed E-state index contributed by atoms with van der Waals surface area (Å²) in [4.78, 5) is 0.